The van der Waals surface area contributed by atoms with E-state index in [0.717, 1.165) is 9.77 Å². The van der Waals surface area contributed by atoms with Gasteiger partial charge in [0.05, 0.1) is 10.9 Å². The number of cyclic esters (lactones) is 1. The molecule has 2 aliphatic heterocycles. The fourth-order valence-corrected chi connectivity index (χ4v) is 5.79. The quantitative estimate of drug-likeness (QED) is 0.675. The lowest BCUT2D eigenvalue weighted by Gasteiger charge is -2.28. The van der Waals surface area contributed by atoms with Crippen LogP contribution in [0.3, 0.4) is 0 Å². The van der Waals surface area contributed by atoms with E-state index in [9.17, 15) is 19.2 Å². The van der Waals surface area contributed by atoms with Gasteiger partial charge in [0.1, 0.15) is 12.6 Å². The number of primary amides is 1. The number of nitrogens with two attached hydrogens (primary N) is 1. The first-order valence-corrected chi connectivity index (χ1v) is 11.1. The van der Waals surface area contributed by atoms with Gasteiger partial charge in [-0.25, -0.2) is 0 Å². The van der Waals surface area contributed by atoms with E-state index >= 15 is 0 Å². The van der Waals surface area contributed by atoms with Crippen LogP contribution in [0.5, 0.6) is 0 Å². The molecule has 8 nitrogen and oxygen atoms in total. The summed E-state index contributed by atoms with van der Waals surface area (Å²) in [4.78, 5) is 52.4. The molecule has 156 valence electrons. The molecule has 2 aliphatic rings. The molecule has 4 rings (SSSR count). The van der Waals surface area contributed by atoms with Crippen molar-refractivity contribution in [2.45, 2.75) is 35.1 Å². The van der Waals surface area contributed by atoms with Crippen molar-refractivity contribution < 1.29 is 23.9 Å². The predicted octanol–water partition coefficient (Wildman–Crippen LogP) is 1.60. The van der Waals surface area contributed by atoms with Crippen LogP contribution in [0.25, 0.3) is 0 Å². The van der Waals surface area contributed by atoms with Crippen molar-refractivity contribution in [1.82, 2.24) is 5.32 Å². The van der Waals surface area contributed by atoms with Crippen LogP contribution in [-0.4, -0.2) is 42.4 Å². The Labute approximate surface area is 180 Å². The van der Waals surface area contributed by atoms with Crippen molar-refractivity contribution in [3.05, 3.63) is 46.7 Å². The minimum absolute atomic E-state index is 0.166. The van der Waals surface area contributed by atoms with Gasteiger partial charge in [-0.2, -0.15) is 0 Å². The number of anilines is 1. The van der Waals surface area contributed by atoms with Gasteiger partial charge in [0.25, 0.3) is 11.8 Å². The molecule has 0 aliphatic carbocycles. The molecule has 1 fully saturated rings. The van der Waals surface area contributed by atoms with Crippen molar-refractivity contribution in [3.63, 3.8) is 0 Å². The van der Waals surface area contributed by atoms with E-state index in [4.69, 9.17) is 10.5 Å². The minimum atomic E-state index is -0.966. The first-order valence-electron chi connectivity index (χ1n) is 9.32. The van der Waals surface area contributed by atoms with E-state index in [2.05, 4.69) is 5.32 Å². The Hall–Kier alpha value is -2.85. The molecule has 0 radical (unpaired) electrons. The maximum atomic E-state index is 13.6. The Morgan fingerprint density at radius 3 is 2.67 bits per heavy atom. The van der Waals surface area contributed by atoms with E-state index in [-0.39, 0.29) is 19.4 Å². The first kappa shape index (κ1) is 20.4. The zero-order valence-electron chi connectivity index (χ0n) is 15.8. The largest absolute Gasteiger partial charge is 0.452 e. The lowest BCUT2D eigenvalue weighted by atomic mass is 10.1. The van der Waals surface area contributed by atoms with Crippen molar-refractivity contribution in [2.24, 2.45) is 5.73 Å². The Morgan fingerprint density at radius 1 is 1.20 bits per heavy atom. The van der Waals surface area contributed by atoms with Gasteiger partial charge in [-0.1, -0.05) is 18.2 Å². The Bertz CT molecular complexity index is 994. The van der Waals surface area contributed by atoms with Gasteiger partial charge < -0.3 is 20.7 Å². The van der Waals surface area contributed by atoms with Crippen LogP contribution in [-0.2, 0) is 23.9 Å². The highest BCUT2D eigenvalue weighted by atomic mass is 32.2. The second kappa shape index (κ2) is 8.49. The zero-order valence-corrected chi connectivity index (χ0v) is 17.4. The number of nitrogens with one attached hydrogen (secondary N) is 1. The molecule has 3 atom stereocenters. The van der Waals surface area contributed by atoms with Gasteiger partial charge in [0.15, 0.2) is 6.10 Å². The van der Waals surface area contributed by atoms with Crippen molar-refractivity contribution >= 4 is 52.5 Å². The Balaban J connectivity index is 1.72. The first-order chi connectivity index (χ1) is 14.4. The second-order valence-corrected chi connectivity index (χ2v) is 9.08. The number of carbonyl (C=O) groups is 4. The van der Waals surface area contributed by atoms with Crippen LogP contribution in [0.1, 0.15) is 23.0 Å². The highest BCUT2D eigenvalue weighted by Crippen LogP contribution is 2.46. The molecule has 0 saturated carbocycles. The van der Waals surface area contributed by atoms with E-state index in [1.807, 2.05) is 29.6 Å². The summed E-state index contributed by atoms with van der Waals surface area (Å²) in [7, 11) is 0. The third kappa shape index (κ3) is 4.05. The fraction of sp³-hybridized carbons (Fsp3) is 0.300. The number of hydrogen-bond acceptors (Lipinski definition) is 7. The van der Waals surface area contributed by atoms with Crippen LogP contribution in [0, 0.1) is 0 Å². The maximum absolute atomic E-state index is 13.6. The summed E-state index contributed by atoms with van der Waals surface area (Å²) in [6, 6.07) is 10.0. The highest BCUT2D eigenvalue weighted by molar-refractivity contribution is 8.00. The fourth-order valence-electron chi connectivity index (χ4n) is 3.49. The average Bonchev–Trinajstić information content (AvgIpc) is 3.38. The third-order valence-electron chi connectivity index (χ3n) is 4.86. The lowest BCUT2D eigenvalue weighted by molar-refractivity contribution is -0.148. The topological polar surface area (TPSA) is 119 Å². The zero-order chi connectivity index (χ0) is 21.3. The molecule has 3 heterocycles. The lowest BCUT2D eigenvalue weighted by Crippen LogP contribution is -2.53. The molecule has 0 unspecified atom stereocenters. The molecule has 1 aromatic heterocycles. The summed E-state index contributed by atoms with van der Waals surface area (Å²) in [5, 5.41) is 4.25. The number of hydrogen-bond donors (Lipinski definition) is 2. The van der Waals surface area contributed by atoms with E-state index in [1.165, 1.54) is 28.0 Å². The van der Waals surface area contributed by atoms with E-state index in [1.54, 1.807) is 12.1 Å². The number of rotatable bonds is 5. The van der Waals surface area contributed by atoms with E-state index < -0.39 is 41.1 Å². The van der Waals surface area contributed by atoms with Crippen molar-refractivity contribution in [1.29, 1.82) is 0 Å². The number of thioether (sulfide) groups is 1. The van der Waals surface area contributed by atoms with Gasteiger partial charge in [0.2, 0.25) is 5.91 Å². The van der Waals surface area contributed by atoms with Crippen LogP contribution in [0.4, 0.5) is 5.69 Å². The molecule has 2 aromatic rings. The Morgan fingerprint density at radius 2 is 2.00 bits per heavy atom. The van der Waals surface area contributed by atoms with Gasteiger partial charge >= 0.3 is 5.97 Å². The van der Waals surface area contributed by atoms with Crippen molar-refractivity contribution in [2.75, 3.05) is 11.4 Å². The number of carbonyl (C=O) groups excluding carboxylic acids is 4. The summed E-state index contributed by atoms with van der Waals surface area (Å²) >= 11 is 2.91. The SMILES string of the molecule is NC(=O)CN1C(=O)[C@H](NC(=O)[C@@H]2CCC(=O)O2)[C@@H](c2cccs2)Sc2ccccc21. The van der Waals surface area contributed by atoms with Crippen LogP contribution in [0.15, 0.2) is 46.7 Å². The predicted molar refractivity (Wildman–Crippen MR) is 112 cm³/mol. The smallest absolute Gasteiger partial charge is 0.306 e. The van der Waals surface area contributed by atoms with Crippen molar-refractivity contribution in [3.8, 4) is 0 Å². The summed E-state index contributed by atoms with van der Waals surface area (Å²) in [5.74, 6) is -2.06. The molecule has 0 spiro atoms. The summed E-state index contributed by atoms with van der Waals surface area (Å²) in [6.45, 7) is -0.307. The molecule has 1 aromatic carbocycles. The number of benzene rings is 1. The van der Waals surface area contributed by atoms with Crippen LogP contribution in [0.2, 0.25) is 0 Å². The van der Waals surface area contributed by atoms with Gasteiger partial charge in [-0.15, -0.1) is 23.1 Å². The average molecular weight is 446 g/mol. The minimum Gasteiger partial charge on any atom is -0.452 e. The molecule has 0 bridgehead atoms. The third-order valence-corrected chi connectivity index (χ3v) is 7.34. The number of para-hydroxylation sites is 1. The summed E-state index contributed by atoms with van der Waals surface area (Å²) in [6.07, 6.45) is -0.485. The molecule has 3 amide bonds. The normalized spacial score (nSPS) is 23.5. The molecule has 1 saturated heterocycles. The van der Waals surface area contributed by atoms with Gasteiger partial charge in [-0.05, 0) is 23.6 Å². The molecule has 3 N–H and O–H groups in total. The molecule has 30 heavy (non-hydrogen) atoms. The molecule has 10 heteroatoms. The van der Waals surface area contributed by atoms with Crippen LogP contribution >= 0.6 is 23.1 Å². The van der Waals surface area contributed by atoms with E-state index in [0.29, 0.717) is 5.69 Å². The highest BCUT2D eigenvalue weighted by Gasteiger charge is 2.42. The number of nitrogens with zero attached hydrogens (tertiary/aromatic N) is 1. The van der Waals surface area contributed by atoms with Crippen LogP contribution < -0.4 is 16.0 Å². The molecular weight excluding hydrogens is 426 g/mol. The summed E-state index contributed by atoms with van der Waals surface area (Å²) in [5.41, 5.74) is 5.97. The number of fused-ring (bicyclic) bond motifs is 1. The standard InChI is InChI=1S/C20H19N3O5S2/c21-15(24)10-23-11-4-1-2-5-13(11)30-18(14-6-3-9-29-14)17(20(23)27)22-19(26)12-7-8-16(25)28-12/h1-6,9,12,17-18H,7-8,10H2,(H2,21,24)(H,22,26)/t12-,17+,18+/m0/s1. The molecular formula is C20H19N3O5S2. The number of amides is 3. The Kier molecular flexibility index (Phi) is 5.78. The number of thiophene rings is 1. The summed E-state index contributed by atoms with van der Waals surface area (Å²) < 4.78 is 5.06. The second-order valence-electron chi connectivity index (χ2n) is 6.92. The monoisotopic (exact) mass is 445 g/mol. The number of ether oxygens (including phenoxy) is 1. The maximum Gasteiger partial charge on any atom is 0.306 e. The van der Waals surface area contributed by atoms with Gasteiger partial charge in [-0.3, -0.25) is 19.2 Å². The van der Waals surface area contributed by atoms with Gasteiger partial charge in [0, 0.05) is 22.6 Å². The number of esters is 1.